The van der Waals surface area contributed by atoms with Crippen molar-refractivity contribution in [3.63, 3.8) is 0 Å². The molecule has 1 heterocycles. The Hall–Kier alpha value is -3.00. The van der Waals surface area contributed by atoms with Crippen LogP contribution < -0.4 is 10.2 Å². The number of hydrogen-bond acceptors (Lipinski definition) is 5. The number of rotatable bonds is 6. The monoisotopic (exact) mass is 403 g/mol. The lowest BCUT2D eigenvalue weighted by molar-refractivity contribution is -0.119. The van der Waals surface area contributed by atoms with Crippen molar-refractivity contribution < 1.29 is 23.1 Å². The number of anilines is 2. The number of nitrogens with one attached hydrogen (secondary N) is 1. The third kappa shape index (κ3) is 5.51. The molecule has 0 saturated carbocycles. The van der Waals surface area contributed by atoms with E-state index >= 15 is 0 Å². The second kappa shape index (κ2) is 9.47. The predicted octanol–water partition coefficient (Wildman–Crippen LogP) is 2.90. The number of esters is 1. The number of hydrogen-bond donors (Lipinski definition) is 1. The molecule has 1 fully saturated rings. The van der Waals surface area contributed by atoms with E-state index in [2.05, 4.69) is 22.0 Å². The van der Waals surface area contributed by atoms with Crippen LogP contribution in [0.25, 0.3) is 0 Å². The number of nitrogens with zero attached hydrogens (tertiary/aromatic N) is 2. The molecular weight excluding hydrogens is 380 g/mol. The van der Waals surface area contributed by atoms with Gasteiger partial charge in [-0.2, -0.15) is 0 Å². The SMILES string of the molecule is CCN1CCN(c2ccc(NC(=O)COC(=O)c3ccc(F)c(F)c3)cc2)CC1. The van der Waals surface area contributed by atoms with Gasteiger partial charge in [0.15, 0.2) is 18.2 Å². The van der Waals surface area contributed by atoms with Crippen molar-refractivity contribution >= 4 is 23.3 Å². The van der Waals surface area contributed by atoms with Gasteiger partial charge in [-0.3, -0.25) is 4.79 Å². The Morgan fingerprint density at radius 2 is 1.69 bits per heavy atom. The molecule has 1 aliphatic rings. The first-order chi connectivity index (χ1) is 14.0. The molecule has 1 amide bonds. The van der Waals surface area contributed by atoms with Crippen LogP contribution in [0.3, 0.4) is 0 Å². The summed E-state index contributed by atoms with van der Waals surface area (Å²) in [6, 6.07) is 10.1. The molecule has 1 aliphatic heterocycles. The van der Waals surface area contributed by atoms with E-state index in [1.165, 1.54) is 0 Å². The molecule has 154 valence electrons. The summed E-state index contributed by atoms with van der Waals surface area (Å²) in [4.78, 5) is 28.5. The summed E-state index contributed by atoms with van der Waals surface area (Å²) >= 11 is 0. The summed E-state index contributed by atoms with van der Waals surface area (Å²) in [6.45, 7) is 6.65. The van der Waals surface area contributed by atoms with Crippen molar-refractivity contribution in [2.24, 2.45) is 0 Å². The Bertz CT molecular complexity index is 866. The Labute approximate surface area is 168 Å². The van der Waals surface area contributed by atoms with Crippen LogP contribution in [0, 0.1) is 11.6 Å². The topological polar surface area (TPSA) is 61.9 Å². The molecule has 0 radical (unpaired) electrons. The molecule has 0 spiro atoms. The minimum absolute atomic E-state index is 0.163. The molecule has 6 nitrogen and oxygen atoms in total. The average molecular weight is 403 g/mol. The number of carbonyl (C=O) groups excluding carboxylic acids is 2. The van der Waals surface area contributed by atoms with Crippen molar-refractivity contribution in [1.82, 2.24) is 4.90 Å². The first-order valence-corrected chi connectivity index (χ1v) is 9.45. The highest BCUT2D eigenvalue weighted by atomic mass is 19.2. The van der Waals surface area contributed by atoms with Crippen molar-refractivity contribution in [3.8, 4) is 0 Å². The van der Waals surface area contributed by atoms with Gasteiger partial charge in [-0.15, -0.1) is 0 Å². The minimum atomic E-state index is -1.15. The molecule has 0 unspecified atom stereocenters. The molecule has 1 saturated heterocycles. The first kappa shape index (κ1) is 20.7. The predicted molar refractivity (Wildman–Crippen MR) is 106 cm³/mol. The van der Waals surface area contributed by atoms with E-state index < -0.39 is 30.1 Å². The van der Waals surface area contributed by atoms with Gasteiger partial charge in [-0.05, 0) is 49.0 Å². The lowest BCUT2D eigenvalue weighted by Gasteiger charge is -2.35. The van der Waals surface area contributed by atoms with E-state index in [4.69, 9.17) is 4.74 Å². The van der Waals surface area contributed by atoms with Gasteiger partial charge in [0.05, 0.1) is 5.56 Å². The third-order valence-electron chi connectivity index (χ3n) is 4.83. The molecular formula is C21H23F2N3O3. The standard InChI is InChI=1S/C21H23F2N3O3/c1-2-25-9-11-26(12-10-25)17-6-4-16(5-7-17)24-20(27)14-29-21(28)15-3-8-18(22)19(23)13-15/h3-8,13H,2,9-12,14H2,1H3,(H,24,27). The summed E-state index contributed by atoms with van der Waals surface area (Å²) in [6.07, 6.45) is 0. The van der Waals surface area contributed by atoms with Gasteiger partial charge in [0.1, 0.15) is 0 Å². The third-order valence-corrected chi connectivity index (χ3v) is 4.83. The fourth-order valence-corrected chi connectivity index (χ4v) is 3.11. The van der Waals surface area contributed by atoms with Crippen LogP contribution in [0.1, 0.15) is 17.3 Å². The Kier molecular flexibility index (Phi) is 6.77. The summed E-state index contributed by atoms with van der Waals surface area (Å²) in [5.74, 6) is -3.64. The number of halogens is 2. The number of piperazine rings is 1. The zero-order chi connectivity index (χ0) is 20.8. The van der Waals surface area contributed by atoms with Crippen LogP contribution in [-0.4, -0.2) is 56.1 Å². The summed E-state index contributed by atoms with van der Waals surface area (Å²) in [5.41, 5.74) is 1.50. The van der Waals surface area contributed by atoms with Crippen molar-refractivity contribution in [3.05, 3.63) is 59.7 Å². The quantitative estimate of drug-likeness (QED) is 0.752. The molecule has 0 aliphatic carbocycles. The normalized spacial score (nSPS) is 14.5. The zero-order valence-corrected chi connectivity index (χ0v) is 16.2. The van der Waals surface area contributed by atoms with E-state index in [0.717, 1.165) is 56.6 Å². The van der Waals surface area contributed by atoms with Gasteiger partial charge in [0.2, 0.25) is 0 Å². The summed E-state index contributed by atoms with van der Waals surface area (Å²) in [7, 11) is 0. The number of ether oxygens (including phenoxy) is 1. The highest BCUT2D eigenvalue weighted by Crippen LogP contribution is 2.19. The van der Waals surface area contributed by atoms with E-state index in [-0.39, 0.29) is 5.56 Å². The number of likely N-dealkylation sites (N-methyl/N-ethyl adjacent to an activating group) is 1. The molecule has 0 bridgehead atoms. The second-order valence-electron chi connectivity index (χ2n) is 6.72. The van der Waals surface area contributed by atoms with Gasteiger partial charge < -0.3 is 19.9 Å². The molecule has 1 N–H and O–H groups in total. The molecule has 0 atom stereocenters. The highest BCUT2D eigenvalue weighted by Gasteiger charge is 2.16. The van der Waals surface area contributed by atoms with Crippen LogP contribution in [0.5, 0.6) is 0 Å². The number of amides is 1. The maximum absolute atomic E-state index is 13.2. The average Bonchev–Trinajstić information content (AvgIpc) is 2.74. The highest BCUT2D eigenvalue weighted by molar-refractivity contribution is 5.95. The van der Waals surface area contributed by atoms with E-state index in [1.807, 2.05) is 12.1 Å². The fourth-order valence-electron chi connectivity index (χ4n) is 3.11. The Balaban J connectivity index is 1.48. The van der Waals surface area contributed by atoms with E-state index in [0.29, 0.717) is 5.69 Å². The first-order valence-electron chi connectivity index (χ1n) is 9.45. The van der Waals surface area contributed by atoms with E-state index in [1.54, 1.807) is 12.1 Å². The minimum Gasteiger partial charge on any atom is -0.452 e. The van der Waals surface area contributed by atoms with Crippen molar-refractivity contribution in [2.75, 3.05) is 49.5 Å². The Morgan fingerprint density at radius 1 is 1.00 bits per heavy atom. The van der Waals surface area contributed by atoms with Gasteiger partial charge in [0.25, 0.3) is 5.91 Å². The maximum atomic E-state index is 13.2. The van der Waals surface area contributed by atoms with Crippen molar-refractivity contribution in [2.45, 2.75) is 6.92 Å². The molecule has 2 aromatic rings. The van der Waals surface area contributed by atoms with Gasteiger partial charge in [-0.25, -0.2) is 13.6 Å². The molecule has 29 heavy (non-hydrogen) atoms. The van der Waals surface area contributed by atoms with Crippen LogP contribution in [0.2, 0.25) is 0 Å². The van der Waals surface area contributed by atoms with Gasteiger partial charge in [0, 0.05) is 37.6 Å². The van der Waals surface area contributed by atoms with Gasteiger partial charge in [-0.1, -0.05) is 6.92 Å². The van der Waals surface area contributed by atoms with Gasteiger partial charge >= 0.3 is 5.97 Å². The number of carbonyl (C=O) groups is 2. The fraction of sp³-hybridized carbons (Fsp3) is 0.333. The zero-order valence-electron chi connectivity index (χ0n) is 16.2. The van der Waals surface area contributed by atoms with Crippen LogP contribution in [0.4, 0.5) is 20.2 Å². The number of benzene rings is 2. The van der Waals surface area contributed by atoms with Crippen molar-refractivity contribution in [1.29, 1.82) is 0 Å². The Morgan fingerprint density at radius 3 is 2.31 bits per heavy atom. The molecule has 3 rings (SSSR count). The van der Waals surface area contributed by atoms with Crippen LogP contribution in [0.15, 0.2) is 42.5 Å². The smallest absolute Gasteiger partial charge is 0.338 e. The maximum Gasteiger partial charge on any atom is 0.338 e. The lowest BCUT2D eigenvalue weighted by Crippen LogP contribution is -2.46. The lowest BCUT2D eigenvalue weighted by atomic mass is 10.2. The van der Waals surface area contributed by atoms with Crippen LogP contribution >= 0.6 is 0 Å². The van der Waals surface area contributed by atoms with E-state index in [9.17, 15) is 18.4 Å². The molecule has 0 aromatic heterocycles. The summed E-state index contributed by atoms with van der Waals surface area (Å²) in [5, 5.41) is 2.64. The molecule has 8 heteroatoms. The largest absolute Gasteiger partial charge is 0.452 e. The molecule has 2 aromatic carbocycles. The van der Waals surface area contributed by atoms with Crippen LogP contribution in [-0.2, 0) is 9.53 Å². The summed E-state index contributed by atoms with van der Waals surface area (Å²) < 4.78 is 30.9. The second-order valence-corrected chi connectivity index (χ2v) is 6.72.